The van der Waals surface area contributed by atoms with E-state index in [0.29, 0.717) is 5.56 Å². The number of aryl methyl sites for hydroxylation is 1. The van der Waals surface area contributed by atoms with E-state index < -0.39 is 17.9 Å². The van der Waals surface area contributed by atoms with Crippen LogP contribution in [0.1, 0.15) is 36.6 Å². The van der Waals surface area contributed by atoms with Crippen LogP contribution in [-0.2, 0) is 9.47 Å². The second-order valence-electron chi connectivity index (χ2n) is 3.38. The molecule has 0 spiro atoms. The Bertz CT molecular complexity index is 515. The molecule has 1 heterocycles. The number of fused-ring (bicyclic) bond motifs is 1. The predicted molar refractivity (Wildman–Crippen MR) is 52.3 cm³/mol. The van der Waals surface area contributed by atoms with Crippen LogP contribution >= 0.6 is 0 Å². The Morgan fingerprint density at radius 3 is 2.56 bits per heavy atom. The molecule has 0 aliphatic carbocycles. The molecule has 1 aliphatic rings. The van der Waals surface area contributed by atoms with Crippen molar-refractivity contribution in [1.82, 2.24) is 0 Å². The van der Waals surface area contributed by atoms with Gasteiger partial charge in [0.25, 0.3) is 0 Å². The summed E-state index contributed by atoms with van der Waals surface area (Å²) in [7, 11) is 1.24. The minimum absolute atomic E-state index is 0.116. The average Bonchev–Trinajstić information content (AvgIpc) is 2.53. The van der Waals surface area contributed by atoms with Gasteiger partial charge in [-0.25, -0.2) is 14.4 Å². The molecule has 0 fully saturated rings. The van der Waals surface area contributed by atoms with Gasteiger partial charge in [-0.15, -0.1) is 0 Å². The second kappa shape index (κ2) is 3.44. The monoisotopic (exact) mass is 220 g/mol. The van der Waals surface area contributed by atoms with Crippen LogP contribution in [0.25, 0.3) is 0 Å². The number of benzene rings is 1. The zero-order valence-electron chi connectivity index (χ0n) is 8.70. The van der Waals surface area contributed by atoms with Crippen molar-refractivity contribution in [2.45, 2.75) is 6.92 Å². The highest BCUT2D eigenvalue weighted by atomic mass is 16.6. The van der Waals surface area contributed by atoms with Crippen molar-refractivity contribution in [3.63, 3.8) is 0 Å². The van der Waals surface area contributed by atoms with Crippen molar-refractivity contribution >= 4 is 17.9 Å². The third-order valence-electron chi connectivity index (χ3n) is 2.37. The van der Waals surface area contributed by atoms with Crippen LogP contribution in [0, 0.1) is 6.92 Å². The summed E-state index contributed by atoms with van der Waals surface area (Å²) in [5, 5.41) is 0. The van der Waals surface area contributed by atoms with Crippen molar-refractivity contribution in [1.29, 1.82) is 0 Å². The van der Waals surface area contributed by atoms with Crippen LogP contribution in [0.3, 0.4) is 0 Å². The van der Waals surface area contributed by atoms with E-state index in [1.165, 1.54) is 19.2 Å². The first-order valence-electron chi connectivity index (χ1n) is 4.54. The summed E-state index contributed by atoms with van der Waals surface area (Å²) in [5.41, 5.74) is 1.09. The van der Waals surface area contributed by atoms with E-state index in [4.69, 9.17) is 0 Å². The van der Waals surface area contributed by atoms with E-state index in [9.17, 15) is 14.4 Å². The minimum atomic E-state index is -0.728. The Morgan fingerprint density at radius 1 is 1.25 bits per heavy atom. The third-order valence-corrected chi connectivity index (χ3v) is 2.37. The van der Waals surface area contributed by atoms with Crippen molar-refractivity contribution in [2.24, 2.45) is 0 Å². The normalized spacial score (nSPS) is 13.4. The Balaban J connectivity index is 2.63. The maximum atomic E-state index is 11.3. The molecule has 1 aromatic rings. The highest BCUT2D eigenvalue weighted by molar-refractivity contribution is 6.16. The first kappa shape index (κ1) is 10.4. The fourth-order valence-corrected chi connectivity index (χ4v) is 1.65. The van der Waals surface area contributed by atoms with E-state index in [2.05, 4.69) is 9.47 Å². The maximum Gasteiger partial charge on any atom is 0.347 e. The molecule has 0 radical (unpaired) electrons. The standard InChI is InChI=1S/C11H8O5/c1-5-3-6(9(12)15-2)4-7-8(5)11(14)16-10(7)13/h3-4H,1-2H3. The van der Waals surface area contributed by atoms with Gasteiger partial charge in [0, 0.05) is 0 Å². The van der Waals surface area contributed by atoms with Crippen molar-refractivity contribution in [2.75, 3.05) is 7.11 Å². The first-order chi connectivity index (χ1) is 7.54. The molecule has 0 bridgehead atoms. The molecule has 0 N–H and O–H groups in total. The minimum Gasteiger partial charge on any atom is -0.465 e. The van der Waals surface area contributed by atoms with Gasteiger partial charge in [0.15, 0.2) is 0 Å². The van der Waals surface area contributed by atoms with Crippen LogP contribution in [0.4, 0.5) is 0 Å². The predicted octanol–water partition coefficient (Wildman–Crippen LogP) is 1.09. The molecule has 0 saturated heterocycles. The fourth-order valence-electron chi connectivity index (χ4n) is 1.65. The van der Waals surface area contributed by atoms with Crippen molar-refractivity contribution in [3.8, 4) is 0 Å². The van der Waals surface area contributed by atoms with Gasteiger partial charge in [0.1, 0.15) is 0 Å². The summed E-state index contributed by atoms with van der Waals surface area (Å²) in [6, 6.07) is 2.80. The largest absolute Gasteiger partial charge is 0.465 e. The summed E-state index contributed by atoms with van der Waals surface area (Å²) in [4.78, 5) is 33.9. The molecule has 5 heteroatoms. The van der Waals surface area contributed by atoms with Crippen LogP contribution in [0.2, 0.25) is 0 Å². The smallest absolute Gasteiger partial charge is 0.347 e. The number of rotatable bonds is 1. The lowest BCUT2D eigenvalue weighted by atomic mass is 10.00. The lowest BCUT2D eigenvalue weighted by Crippen LogP contribution is -2.05. The van der Waals surface area contributed by atoms with Crippen molar-refractivity contribution in [3.05, 3.63) is 34.4 Å². The summed E-state index contributed by atoms with van der Waals surface area (Å²) in [6.07, 6.45) is 0. The zero-order chi connectivity index (χ0) is 11.9. The fraction of sp³-hybridized carbons (Fsp3) is 0.182. The number of cyclic esters (lactones) is 2. The number of hydrogen-bond donors (Lipinski definition) is 0. The summed E-state index contributed by atoms with van der Waals surface area (Å²) in [6.45, 7) is 1.63. The molecule has 2 rings (SSSR count). The van der Waals surface area contributed by atoms with Gasteiger partial charge >= 0.3 is 17.9 Å². The molecule has 0 aromatic heterocycles. The molecule has 0 unspecified atom stereocenters. The number of ether oxygens (including phenoxy) is 2. The van der Waals surface area contributed by atoms with Crippen LogP contribution in [0.15, 0.2) is 12.1 Å². The Labute approximate surface area is 91.0 Å². The number of carbonyl (C=O) groups is 3. The lowest BCUT2D eigenvalue weighted by molar-refractivity contribution is 0.0443. The van der Waals surface area contributed by atoms with Gasteiger partial charge < -0.3 is 9.47 Å². The molecule has 0 saturated carbocycles. The summed E-state index contributed by atoms with van der Waals surface area (Å²) in [5.74, 6) is -1.96. The number of hydrogen-bond acceptors (Lipinski definition) is 5. The van der Waals surface area contributed by atoms with E-state index in [1.807, 2.05) is 0 Å². The molecule has 1 aliphatic heterocycles. The number of esters is 3. The Hall–Kier alpha value is -2.17. The van der Waals surface area contributed by atoms with E-state index >= 15 is 0 Å². The number of carbonyl (C=O) groups excluding carboxylic acids is 3. The van der Waals surface area contributed by atoms with Gasteiger partial charge in [-0.3, -0.25) is 0 Å². The van der Waals surface area contributed by atoms with Gasteiger partial charge in [-0.1, -0.05) is 0 Å². The molecule has 0 amide bonds. The van der Waals surface area contributed by atoms with Crippen LogP contribution in [0.5, 0.6) is 0 Å². The van der Waals surface area contributed by atoms with E-state index in [-0.39, 0.29) is 16.7 Å². The molecular formula is C11H8O5. The van der Waals surface area contributed by atoms with Crippen LogP contribution < -0.4 is 0 Å². The maximum absolute atomic E-state index is 11.3. The first-order valence-corrected chi connectivity index (χ1v) is 4.54. The van der Waals surface area contributed by atoms with Gasteiger partial charge in [-0.05, 0) is 24.6 Å². The van der Waals surface area contributed by atoms with Crippen LogP contribution in [-0.4, -0.2) is 25.0 Å². The lowest BCUT2D eigenvalue weighted by Gasteiger charge is -2.03. The summed E-state index contributed by atoms with van der Waals surface area (Å²) < 4.78 is 8.99. The topological polar surface area (TPSA) is 69.7 Å². The van der Waals surface area contributed by atoms with Gasteiger partial charge in [0.2, 0.25) is 0 Å². The Kier molecular flexibility index (Phi) is 2.23. The number of methoxy groups -OCH3 is 1. The van der Waals surface area contributed by atoms with Gasteiger partial charge in [-0.2, -0.15) is 0 Å². The van der Waals surface area contributed by atoms with Crippen molar-refractivity contribution < 1.29 is 23.9 Å². The third kappa shape index (κ3) is 1.37. The zero-order valence-corrected chi connectivity index (χ0v) is 8.70. The van der Waals surface area contributed by atoms with E-state index in [1.54, 1.807) is 6.92 Å². The molecule has 0 atom stereocenters. The molecule has 1 aromatic carbocycles. The van der Waals surface area contributed by atoms with E-state index in [0.717, 1.165) is 0 Å². The quantitative estimate of drug-likeness (QED) is 0.523. The molecule has 82 valence electrons. The molecule has 16 heavy (non-hydrogen) atoms. The highest BCUT2D eigenvalue weighted by Crippen LogP contribution is 2.25. The van der Waals surface area contributed by atoms with Gasteiger partial charge in [0.05, 0.1) is 23.8 Å². The Morgan fingerprint density at radius 2 is 1.94 bits per heavy atom. The average molecular weight is 220 g/mol. The molecular weight excluding hydrogens is 212 g/mol. The highest BCUT2D eigenvalue weighted by Gasteiger charge is 2.32. The SMILES string of the molecule is COC(=O)c1cc(C)c2c(c1)C(=O)OC2=O. The molecule has 5 nitrogen and oxygen atoms in total. The summed E-state index contributed by atoms with van der Waals surface area (Å²) >= 11 is 0. The second-order valence-corrected chi connectivity index (χ2v) is 3.38.